The maximum Gasteiger partial charge on any atom is 0.323 e. The first-order chi connectivity index (χ1) is 17.9. The molecule has 3 heterocycles. The summed E-state index contributed by atoms with van der Waals surface area (Å²) in [6.45, 7) is -0.502. The van der Waals surface area contributed by atoms with Crippen molar-refractivity contribution >= 4 is 46.0 Å². The number of aliphatic carboxylic acids is 1. The monoisotopic (exact) mass is 519 g/mol. The van der Waals surface area contributed by atoms with Gasteiger partial charge in [0.1, 0.15) is 6.54 Å². The molecule has 0 atom stereocenters. The lowest BCUT2D eigenvalue weighted by Crippen LogP contribution is -2.07. The van der Waals surface area contributed by atoms with Crippen molar-refractivity contribution in [2.75, 3.05) is 5.73 Å². The maximum absolute atomic E-state index is 13.1. The number of fused-ring (bicyclic) bond motifs is 1. The lowest BCUT2D eigenvalue weighted by Gasteiger charge is -2.04. The van der Waals surface area contributed by atoms with E-state index < -0.39 is 24.3 Å². The molecule has 0 bridgehead atoms. The number of carboxylic acids is 1. The summed E-state index contributed by atoms with van der Waals surface area (Å²) in [6.07, 6.45) is 0. The van der Waals surface area contributed by atoms with Gasteiger partial charge in [0.05, 0.1) is 11.2 Å². The molecule has 0 radical (unpaired) electrons. The van der Waals surface area contributed by atoms with E-state index in [1.165, 1.54) is 16.4 Å². The first-order valence-corrected chi connectivity index (χ1v) is 11.6. The third-order valence-corrected chi connectivity index (χ3v) is 6.26. The number of carbonyl (C=O) groups is 2. The highest BCUT2D eigenvalue weighted by Crippen LogP contribution is 2.39. The van der Waals surface area contributed by atoms with Gasteiger partial charge < -0.3 is 15.9 Å². The molecule has 0 saturated heterocycles. The Morgan fingerprint density at radius 2 is 1.84 bits per heavy atom. The van der Waals surface area contributed by atoms with E-state index in [9.17, 15) is 19.8 Å². The molecule has 0 saturated carbocycles. The van der Waals surface area contributed by atoms with Crippen LogP contribution in [0, 0.1) is 0 Å². The van der Waals surface area contributed by atoms with Gasteiger partial charge in [-0.25, -0.2) is 4.63 Å². The Labute approximate surface area is 211 Å². The summed E-state index contributed by atoms with van der Waals surface area (Å²) in [5.74, 6) is -2.20. The van der Waals surface area contributed by atoms with Crippen LogP contribution >= 0.6 is 11.8 Å². The van der Waals surface area contributed by atoms with Crippen molar-refractivity contribution < 1.29 is 24.4 Å². The van der Waals surface area contributed by atoms with E-state index in [1.807, 2.05) is 30.3 Å². The van der Waals surface area contributed by atoms with Crippen LogP contribution in [-0.2, 0) is 17.1 Å². The Kier molecular flexibility index (Phi) is 6.34. The number of para-hydroxylation sites is 1. The van der Waals surface area contributed by atoms with Gasteiger partial charge in [0.2, 0.25) is 17.5 Å². The van der Waals surface area contributed by atoms with E-state index >= 15 is 0 Å². The molecule has 4 N–H and O–H groups in total. The summed E-state index contributed by atoms with van der Waals surface area (Å²) in [7, 11) is 0. The summed E-state index contributed by atoms with van der Waals surface area (Å²) in [5.41, 5.74) is 6.38. The fourth-order valence-corrected chi connectivity index (χ4v) is 4.49. The Hall–Kier alpha value is -5.05. The van der Waals surface area contributed by atoms with Gasteiger partial charge in [0, 0.05) is 16.0 Å². The summed E-state index contributed by atoms with van der Waals surface area (Å²) >= 11 is 1.41. The van der Waals surface area contributed by atoms with Crippen molar-refractivity contribution in [3.8, 4) is 11.7 Å². The van der Waals surface area contributed by atoms with Crippen LogP contribution in [-0.4, -0.2) is 52.0 Å². The molecule has 3 aromatic heterocycles. The van der Waals surface area contributed by atoms with Crippen molar-refractivity contribution in [2.24, 2.45) is 10.2 Å². The fraction of sp³-hybridized carbons (Fsp3) is 0.0909. The van der Waals surface area contributed by atoms with E-state index in [4.69, 9.17) is 5.73 Å². The Bertz CT molecular complexity index is 1640. The van der Waals surface area contributed by atoms with Crippen molar-refractivity contribution in [3.05, 3.63) is 66.0 Å². The van der Waals surface area contributed by atoms with E-state index in [-0.39, 0.29) is 28.8 Å². The molecule has 14 nitrogen and oxygen atoms in total. The number of nitrogens with two attached hydrogens (primary N) is 1. The molecule has 186 valence electrons. The highest BCUT2D eigenvalue weighted by Gasteiger charge is 2.25. The number of azo groups is 1. The highest BCUT2D eigenvalue weighted by molar-refractivity contribution is 7.98. The van der Waals surface area contributed by atoms with Crippen LogP contribution in [0.3, 0.4) is 0 Å². The molecule has 37 heavy (non-hydrogen) atoms. The van der Waals surface area contributed by atoms with Crippen LogP contribution in [0.4, 0.5) is 11.5 Å². The van der Waals surface area contributed by atoms with Crippen molar-refractivity contribution in [3.63, 3.8) is 0 Å². The summed E-state index contributed by atoms with van der Waals surface area (Å²) < 4.78 is 7.06. The van der Waals surface area contributed by atoms with Gasteiger partial charge in [-0.05, 0) is 28.5 Å². The second-order valence-corrected chi connectivity index (χ2v) is 8.59. The standard InChI is InChI=1S/C22H17N9O5S/c23-19-20(28-36-27-19)31-15(11-37-12-6-2-1-3-7-12)18(25-29-31)21(34)26-24-17-13-8-4-5-9-14(13)30(22(17)35)10-16(32)33/h1-9,35H,10-11H2,(H2,23,27)(H,32,33). The van der Waals surface area contributed by atoms with Gasteiger partial charge in [-0.2, -0.15) is 4.68 Å². The molecule has 0 aliphatic rings. The average molecular weight is 520 g/mol. The molecule has 15 heteroatoms. The Morgan fingerprint density at radius 3 is 2.57 bits per heavy atom. The minimum absolute atomic E-state index is 0.0485. The van der Waals surface area contributed by atoms with E-state index in [2.05, 4.69) is 35.5 Å². The number of benzene rings is 2. The number of thioether (sulfide) groups is 1. The van der Waals surface area contributed by atoms with Crippen LogP contribution in [0.1, 0.15) is 16.2 Å². The number of anilines is 1. The minimum atomic E-state index is -1.16. The van der Waals surface area contributed by atoms with Crippen molar-refractivity contribution in [1.82, 2.24) is 29.9 Å². The normalized spacial score (nSPS) is 11.5. The minimum Gasteiger partial charge on any atom is -0.493 e. The van der Waals surface area contributed by atoms with E-state index in [0.29, 0.717) is 16.6 Å². The predicted molar refractivity (Wildman–Crippen MR) is 130 cm³/mol. The zero-order chi connectivity index (χ0) is 25.9. The number of carbonyl (C=O) groups excluding carboxylic acids is 1. The number of aromatic nitrogens is 6. The number of nitrogens with zero attached hydrogens (tertiary/aromatic N) is 8. The molecule has 5 rings (SSSR count). The number of rotatable bonds is 8. The number of hydrogen-bond acceptors (Lipinski definition) is 11. The highest BCUT2D eigenvalue weighted by atomic mass is 32.2. The number of aromatic hydroxyl groups is 1. The first-order valence-electron chi connectivity index (χ1n) is 10.6. The molecule has 0 fully saturated rings. The van der Waals surface area contributed by atoms with Crippen LogP contribution in [0.25, 0.3) is 16.7 Å². The molecule has 0 aliphatic heterocycles. The third-order valence-electron chi connectivity index (χ3n) is 5.23. The Balaban J connectivity index is 1.51. The lowest BCUT2D eigenvalue weighted by molar-refractivity contribution is -0.137. The molecule has 5 aromatic rings. The molecule has 0 spiro atoms. The quantitative estimate of drug-likeness (QED) is 0.201. The van der Waals surface area contributed by atoms with E-state index in [1.54, 1.807) is 24.3 Å². The molecular weight excluding hydrogens is 502 g/mol. The molecule has 0 unspecified atom stereocenters. The van der Waals surface area contributed by atoms with Gasteiger partial charge in [0.15, 0.2) is 11.4 Å². The average Bonchev–Trinajstić information content (AvgIpc) is 3.58. The zero-order valence-electron chi connectivity index (χ0n) is 18.8. The summed E-state index contributed by atoms with van der Waals surface area (Å²) in [5, 5.41) is 43.2. The zero-order valence-corrected chi connectivity index (χ0v) is 19.6. The number of nitrogen functional groups attached to an aromatic ring is 1. The smallest absolute Gasteiger partial charge is 0.323 e. The largest absolute Gasteiger partial charge is 0.493 e. The number of carboxylic acid groups (broad SMARTS) is 1. The summed E-state index contributed by atoms with van der Waals surface area (Å²) in [4.78, 5) is 25.3. The predicted octanol–water partition coefficient (Wildman–Crippen LogP) is 3.19. The van der Waals surface area contributed by atoms with Crippen LogP contribution < -0.4 is 5.73 Å². The Morgan fingerprint density at radius 1 is 1.08 bits per heavy atom. The molecule has 0 aliphatic carbocycles. The second kappa shape index (κ2) is 9.90. The molecule has 2 aromatic carbocycles. The van der Waals surface area contributed by atoms with Gasteiger partial charge in [-0.1, -0.05) is 41.6 Å². The fourth-order valence-electron chi connectivity index (χ4n) is 3.58. The van der Waals surface area contributed by atoms with Crippen LogP contribution in [0.15, 0.2) is 74.4 Å². The summed E-state index contributed by atoms with van der Waals surface area (Å²) in [6, 6.07) is 16.1. The molecule has 1 amide bonds. The number of hydrogen-bond donors (Lipinski definition) is 3. The molecular formula is C22H17N9O5S. The lowest BCUT2D eigenvalue weighted by atomic mass is 10.2. The topological polar surface area (TPSA) is 200 Å². The first kappa shape index (κ1) is 23.7. The van der Waals surface area contributed by atoms with Gasteiger partial charge in [-0.3, -0.25) is 14.2 Å². The van der Waals surface area contributed by atoms with Crippen LogP contribution in [0.2, 0.25) is 0 Å². The SMILES string of the molecule is Nc1nonc1-n1nnc(C(=O)N=Nc2c(O)n(CC(=O)O)c3ccccc23)c1CSc1ccccc1. The maximum atomic E-state index is 13.1. The van der Waals surface area contributed by atoms with Crippen molar-refractivity contribution in [1.29, 1.82) is 0 Å². The van der Waals surface area contributed by atoms with E-state index in [0.717, 1.165) is 9.46 Å². The van der Waals surface area contributed by atoms with Gasteiger partial charge >= 0.3 is 11.9 Å². The third kappa shape index (κ3) is 4.62. The van der Waals surface area contributed by atoms with Gasteiger partial charge in [-0.15, -0.1) is 27.1 Å². The number of amides is 1. The van der Waals surface area contributed by atoms with Crippen LogP contribution in [0.5, 0.6) is 5.88 Å². The second-order valence-electron chi connectivity index (χ2n) is 7.55. The van der Waals surface area contributed by atoms with Crippen molar-refractivity contribution in [2.45, 2.75) is 17.2 Å². The van der Waals surface area contributed by atoms with Gasteiger partial charge in [0.25, 0.3) is 0 Å².